The molecule has 2 rings (SSSR count). The maximum atomic E-state index is 12.7. The highest BCUT2D eigenvalue weighted by molar-refractivity contribution is 6.33. The molecule has 2 nitrogen and oxygen atoms in total. The lowest BCUT2D eigenvalue weighted by Crippen LogP contribution is -2.05. The van der Waals surface area contributed by atoms with Crippen LogP contribution in [0.25, 0.3) is 0 Å². The minimum atomic E-state index is -4.41. The number of benzene rings is 2. The van der Waals surface area contributed by atoms with Crippen molar-refractivity contribution in [3.8, 4) is 0 Å². The quantitative estimate of drug-likeness (QED) is 0.767. The molecular formula is C14H12ClF3N2. The molecule has 0 bridgehead atoms. The molecule has 0 aromatic heterocycles. The van der Waals surface area contributed by atoms with Crippen LogP contribution in [0.3, 0.4) is 0 Å². The van der Waals surface area contributed by atoms with Gasteiger partial charge in [0.05, 0.1) is 16.3 Å². The van der Waals surface area contributed by atoms with Crippen LogP contribution in [0.4, 0.5) is 30.2 Å². The van der Waals surface area contributed by atoms with Gasteiger partial charge in [-0.25, -0.2) is 0 Å². The van der Waals surface area contributed by atoms with E-state index in [4.69, 9.17) is 17.3 Å². The molecule has 0 aliphatic carbocycles. The number of nitrogens with two attached hydrogens (primary N) is 1. The zero-order chi connectivity index (χ0) is 14.9. The fraction of sp³-hybridized carbons (Fsp3) is 0.143. The van der Waals surface area contributed by atoms with Crippen molar-refractivity contribution in [3.63, 3.8) is 0 Å². The molecule has 0 amide bonds. The summed E-state index contributed by atoms with van der Waals surface area (Å²) in [7, 11) is 0. The Bertz CT molecular complexity index is 639. The summed E-state index contributed by atoms with van der Waals surface area (Å²) >= 11 is 5.93. The minimum Gasteiger partial charge on any atom is -0.399 e. The topological polar surface area (TPSA) is 38.0 Å². The Kier molecular flexibility index (Phi) is 3.81. The van der Waals surface area contributed by atoms with Crippen molar-refractivity contribution >= 4 is 28.7 Å². The van der Waals surface area contributed by atoms with E-state index in [0.717, 1.165) is 17.7 Å². The second-order valence-electron chi connectivity index (χ2n) is 4.39. The highest BCUT2D eigenvalue weighted by Crippen LogP contribution is 2.35. The summed E-state index contributed by atoms with van der Waals surface area (Å²) < 4.78 is 38.1. The Hall–Kier alpha value is -1.88. The highest BCUT2D eigenvalue weighted by Gasteiger charge is 2.31. The van der Waals surface area contributed by atoms with Gasteiger partial charge in [-0.1, -0.05) is 17.7 Å². The molecule has 106 valence electrons. The van der Waals surface area contributed by atoms with Crippen molar-refractivity contribution in [2.45, 2.75) is 13.1 Å². The molecule has 0 aliphatic heterocycles. The molecule has 0 unspecified atom stereocenters. The van der Waals surface area contributed by atoms with Crippen molar-refractivity contribution in [1.82, 2.24) is 0 Å². The number of anilines is 3. The number of rotatable bonds is 2. The van der Waals surface area contributed by atoms with Crippen LogP contribution >= 0.6 is 11.6 Å². The number of halogens is 4. The number of alkyl halides is 3. The predicted octanol–water partition coefficient (Wildman–Crippen LogP) is 4.99. The first-order valence-corrected chi connectivity index (χ1v) is 6.15. The van der Waals surface area contributed by atoms with E-state index in [0.29, 0.717) is 11.4 Å². The van der Waals surface area contributed by atoms with Crippen LogP contribution < -0.4 is 11.1 Å². The molecule has 0 atom stereocenters. The summed E-state index contributed by atoms with van der Waals surface area (Å²) in [6.07, 6.45) is -4.41. The molecule has 0 saturated carbocycles. The molecule has 0 heterocycles. The summed E-state index contributed by atoms with van der Waals surface area (Å²) in [6.45, 7) is 1.82. The van der Waals surface area contributed by atoms with Gasteiger partial charge < -0.3 is 11.1 Å². The van der Waals surface area contributed by atoms with E-state index in [-0.39, 0.29) is 10.7 Å². The average molecular weight is 301 g/mol. The molecule has 3 N–H and O–H groups in total. The van der Waals surface area contributed by atoms with Crippen molar-refractivity contribution < 1.29 is 13.2 Å². The Morgan fingerprint density at radius 2 is 1.75 bits per heavy atom. The fourth-order valence-corrected chi connectivity index (χ4v) is 1.88. The van der Waals surface area contributed by atoms with Gasteiger partial charge in [0.1, 0.15) is 0 Å². The van der Waals surface area contributed by atoms with Crippen LogP contribution in [0.5, 0.6) is 0 Å². The lowest BCUT2D eigenvalue weighted by Gasteiger charge is -2.14. The van der Waals surface area contributed by atoms with Crippen LogP contribution in [-0.2, 0) is 6.18 Å². The molecule has 20 heavy (non-hydrogen) atoms. The molecular weight excluding hydrogens is 289 g/mol. The van der Waals surface area contributed by atoms with Gasteiger partial charge in [-0.15, -0.1) is 0 Å². The summed E-state index contributed by atoms with van der Waals surface area (Å²) in [6, 6.07) is 8.28. The largest absolute Gasteiger partial charge is 0.416 e. The van der Waals surface area contributed by atoms with Crippen molar-refractivity contribution in [1.29, 1.82) is 0 Å². The van der Waals surface area contributed by atoms with E-state index < -0.39 is 11.7 Å². The number of nitrogens with one attached hydrogen (secondary N) is 1. The summed E-state index contributed by atoms with van der Waals surface area (Å²) in [5.41, 5.74) is 7.08. The molecule has 2 aromatic carbocycles. The zero-order valence-corrected chi connectivity index (χ0v) is 11.3. The van der Waals surface area contributed by atoms with Gasteiger partial charge in [0.2, 0.25) is 0 Å². The maximum Gasteiger partial charge on any atom is 0.416 e. The normalized spacial score (nSPS) is 11.4. The first-order valence-electron chi connectivity index (χ1n) is 5.77. The molecule has 0 aliphatic rings. The number of aryl methyl sites for hydroxylation is 1. The Labute approximate surface area is 119 Å². The smallest absolute Gasteiger partial charge is 0.399 e. The molecule has 0 fully saturated rings. The monoisotopic (exact) mass is 300 g/mol. The van der Waals surface area contributed by atoms with E-state index in [1.807, 2.05) is 6.92 Å². The van der Waals surface area contributed by atoms with Gasteiger partial charge in [0.25, 0.3) is 0 Å². The molecule has 0 saturated heterocycles. The molecule has 0 spiro atoms. The van der Waals surface area contributed by atoms with E-state index in [2.05, 4.69) is 5.32 Å². The third-order valence-electron chi connectivity index (χ3n) is 2.82. The SMILES string of the molecule is Cc1ccc(N)cc1Nc1cc(C(F)(F)F)ccc1Cl. The molecule has 0 radical (unpaired) electrons. The average Bonchev–Trinajstić information content (AvgIpc) is 2.35. The molecule has 6 heteroatoms. The fourth-order valence-electron chi connectivity index (χ4n) is 1.72. The van der Waals surface area contributed by atoms with Crippen LogP contribution in [0, 0.1) is 6.92 Å². The zero-order valence-electron chi connectivity index (χ0n) is 10.6. The Morgan fingerprint density at radius 1 is 1.05 bits per heavy atom. The first kappa shape index (κ1) is 14.5. The van der Waals surface area contributed by atoms with Crippen LogP contribution in [0.15, 0.2) is 36.4 Å². The Morgan fingerprint density at radius 3 is 2.40 bits per heavy atom. The number of hydrogen-bond donors (Lipinski definition) is 2. The lowest BCUT2D eigenvalue weighted by molar-refractivity contribution is -0.137. The Balaban J connectivity index is 2.40. The molecule has 2 aromatic rings. The van der Waals surface area contributed by atoms with Gasteiger partial charge in [-0.05, 0) is 42.8 Å². The van der Waals surface area contributed by atoms with Gasteiger partial charge in [-0.2, -0.15) is 13.2 Å². The maximum absolute atomic E-state index is 12.7. The van der Waals surface area contributed by atoms with Gasteiger partial charge >= 0.3 is 6.18 Å². The van der Waals surface area contributed by atoms with Crippen molar-refractivity contribution in [2.24, 2.45) is 0 Å². The standard InChI is InChI=1S/C14H12ClF3N2/c1-8-2-4-10(19)7-12(8)20-13-6-9(14(16,17)18)3-5-11(13)15/h2-7,20H,19H2,1H3. The van der Waals surface area contributed by atoms with Crippen LogP contribution in [-0.4, -0.2) is 0 Å². The summed E-state index contributed by atoms with van der Waals surface area (Å²) in [5, 5.41) is 3.09. The highest BCUT2D eigenvalue weighted by atomic mass is 35.5. The lowest BCUT2D eigenvalue weighted by atomic mass is 10.1. The summed E-state index contributed by atoms with van der Waals surface area (Å²) in [5.74, 6) is 0. The van der Waals surface area contributed by atoms with E-state index in [1.165, 1.54) is 6.07 Å². The van der Waals surface area contributed by atoms with Gasteiger partial charge in [0.15, 0.2) is 0 Å². The van der Waals surface area contributed by atoms with E-state index >= 15 is 0 Å². The third-order valence-corrected chi connectivity index (χ3v) is 3.15. The van der Waals surface area contributed by atoms with Crippen LogP contribution in [0.2, 0.25) is 5.02 Å². The van der Waals surface area contributed by atoms with Gasteiger partial charge in [0, 0.05) is 11.4 Å². The minimum absolute atomic E-state index is 0.190. The van der Waals surface area contributed by atoms with Crippen LogP contribution in [0.1, 0.15) is 11.1 Å². The van der Waals surface area contributed by atoms with E-state index in [9.17, 15) is 13.2 Å². The predicted molar refractivity (Wildman–Crippen MR) is 75.3 cm³/mol. The van der Waals surface area contributed by atoms with Gasteiger partial charge in [-0.3, -0.25) is 0 Å². The summed E-state index contributed by atoms with van der Waals surface area (Å²) in [4.78, 5) is 0. The van der Waals surface area contributed by atoms with E-state index in [1.54, 1.807) is 18.2 Å². The number of hydrogen-bond acceptors (Lipinski definition) is 2. The second-order valence-corrected chi connectivity index (χ2v) is 4.80. The first-order chi connectivity index (χ1) is 9.27. The van der Waals surface area contributed by atoms with Crippen molar-refractivity contribution in [2.75, 3.05) is 11.1 Å². The number of nitrogen functional groups attached to an aromatic ring is 1. The second kappa shape index (κ2) is 5.25. The van der Waals surface area contributed by atoms with Crippen molar-refractivity contribution in [3.05, 3.63) is 52.5 Å². The third kappa shape index (κ3) is 3.17.